The Balaban J connectivity index is 1.79. The normalized spacial score (nSPS) is 15.3. The summed E-state index contributed by atoms with van der Waals surface area (Å²) in [6.45, 7) is 8.95. The maximum Gasteiger partial charge on any atom is 0.323 e. The molecule has 3 amide bonds. The number of urea groups is 1. The lowest BCUT2D eigenvalue weighted by Gasteiger charge is -2.28. The van der Waals surface area contributed by atoms with Crippen molar-refractivity contribution in [1.29, 1.82) is 0 Å². The van der Waals surface area contributed by atoms with Crippen molar-refractivity contribution in [2.75, 3.05) is 28.7 Å². The van der Waals surface area contributed by atoms with Gasteiger partial charge in [-0.25, -0.2) is 4.79 Å². The molecule has 3 rings (SSSR count). The van der Waals surface area contributed by atoms with Gasteiger partial charge in [-0.1, -0.05) is 25.4 Å². The van der Waals surface area contributed by atoms with Crippen LogP contribution in [0.1, 0.15) is 34.1 Å². The maximum atomic E-state index is 13.1. The van der Waals surface area contributed by atoms with Gasteiger partial charge in [0, 0.05) is 29.0 Å². The summed E-state index contributed by atoms with van der Waals surface area (Å²) in [6.07, 6.45) is 0.894. The third kappa shape index (κ3) is 5.25. The Morgan fingerprint density at radius 1 is 1.13 bits per heavy atom. The van der Waals surface area contributed by atoms with E-state index in [0.29, 0.717) is 34.6 Å². The summed E-state index contributed by atoms with van der Waals surface area (Å²) < 4.78 is 5.98. The minimum Gasteiger partial charge on any atom is -0.490 e. The highest BCUT2D eigenvalue weighted by atomic mass is 35.5. The Bertz CT molecular complexity index is 926. The SMILES string of the molecule is CC(C)CCN1C(=O)C(C)(C)COc2cc(NC(=O)Nc3ccc(Cl)cc3)ccc21. The summed E-state index contributed by atoms with van der Waals surface area (Å²) in [7, 11) is 0. The lowest BCUT2D eigenvalue weighted by molar-refractivity contribution is -0.127. The van der Waals surface area contributed by atoms with Crippen molar-refractivity contribution in [1.82, 2.24) is 0 Å². The number of hydrogen-bond acceptors (Lipinski definition) is 3. The third-order valence-electron chi connectivity index (χ3n) is 4.95. The molecule has 1 heterocycles. The van der Waals surface area contributed by atoms with Gasteiger partial charge in [0.1, 0.15) is 12.4 Å². The number of nitrogens with zero attached hydrogens (tertiary/aromatic N) is 1. The topological polar surface area (TPSA) is 70.7 Å². The van der Waals surface area contributed by atoms with Gasteiger partial charge < -0.3 is 20.3 Å². The molecule has 1 aliphatic rings. The molecular weight excluding hydrogens is 402 g/mol. The average molecular weight is 430 g/mol. The first-order chi connectivity index (χ1) is 14.2. The fourth-order valence-electron chi connectivity index (χ4n) is 3.16. The van der Waals surface area contributed by atoms with Crippen LogP contribution in [-0.4, -0.2) is 25.1 Å². The minimum absolute atomic E-state index is 0.0445. The van der Waals surface area contributed by atoms with Crippen LogP contribution in [0.2, 0.25) is 5.02 Å². The molecule has 0 unspecified atom stereocenters. The summed E-state index contributed by atoms with van der Waals surface area (Å²) in [5.41, 5.74) is 1.32. The summed E-state index contributed by atoms with van der Waals surface area (Å²) in [5.74, 6) is 1.11. The molecule has 0 saturated heterocycles. The number of carbonyl (C=O) groups excluding carboxylic acids is 2. The fourth-order valence-corrected chi connectivity index (χ4v) is 3.29. The predicted octanol–water partition coefficient (Wildman–Crippen LogP) is 5.78. The quantitative estimate of drug-likeness (QED) is 0.632. The summed E-state index contributed by atoms with van der Waals surface area (Å²) >= 11 is 5.87. The number of anilines is 3. The number of amides is 3. The van der Waals surface area contributed by atoms with Gasteiger partial charge in [-0.15, -0.1) is 0 Å². The minimum atomic E-state index is -0.629. The van der Waals surface area contributed by atoms with Crippen molar-refractivity contribution >= 4 is 40.6 Å². The average Bonchev–Trinajstić information content (AvgIpc) is 2.77. The number of benzene rings is 2. The second kappa shape index (κ2) is 8.96. The Kier molecular flexibility index (Phi) is 6.56. The van der Waals surface area contributed by atoms with Crippen LogP contribution in [0, 0.1) is 11.3 Å². The molecule has 7 heteroatoms. The second-order valence-corrected chi connectivity index (χ2v) is 9.02. The van der Waals surface area contributed by atoms with Gasteiger partial charge >= 0.3 is 6.03 Å². The highest BCUT2D eigenvalue weighted by molar-refractivity contribution is 6.30. The molecule has 0 bridgehead atoms. The van der Waals surface area contributed by atoms with E-state index in [1.54, 1.807) is 41.3 Å². The summed E-state index contributed by atoms with van der Waals surface area (Å²) in [5, 5.41) is 6.16. The second-order valence-electron chi connectivity index (χ2n) is 8.58. The number of halogens is 1. The molecule has 0 aromatic heterocycles. The third-order valence-corrected chi connectivity index (χ3v) is 5.21. The number of rotatable bonds is 5. The number of fused-ring (bicyclic) bond motifs is 1. The smallest absolute Gasteiger partial charge is 0.323 e. The van der Waals surface area contributed by atoms with Crippen LogP contribution in [0.5, 0.6) is 5.75 Å². The van der Waals surface area contributed by atoms with E-state index in [0.717, 1.165) is 12.1 Å². The molecular formula is C23H28ClN3O3. The van der Waals surface area contributed by atoms with Crippen molar-refractivity contribution in [2.45, 2.75) is 34.1 Å². The number of ether oxygens (including phenoxy) is 1. The van der Waals surface area contributed by atoms with Crippen LogP contribution in [0.25, 0.3) is 0 Å². The molecule has 2 aromatic carbocycles. The van der Waals surface area contributed by atoms with Crippen LogP contribution in [-0.2, 0) is 4.79 Å². The Morgan fingerprint density at radius 2 is 1.77 bits per heavy atom. The van der Waals surface area contributed by atoms with Crippen LogP contribution >= 0.6 is 11.6 Å². The number of carbonyl (C=O) groups is 2. The maximum absolute atomic E-state index is 13.1. The lowest BCUT2D eigenvalue weighted by Crippen LogP contribution is -2.42. The molecule has 0 radical (unpaired) electrons. The van der Waals surface area contributed by atoms with Crippen LogP contribution in [0.3, 0.4) is 0 Å². The van der Waals surface area contributed by atoms with E-state index >= 15 is 0 Å². The molecule has 0 aliphatic carbocycles. The lowest BCUT2D eigenvalue weighted by atomic mass is 9.92. The van der Waals surface area contributed by atoms with Crippen LogP contribution < -0.4 is 20.3 Å². The fraction of sp³-hybridized carbons (Fsp3) is 0.391. The summed E-state index contributed by atoms with van der Waals surface area (Å²) in [4.78, 5) is 27.2. The van der Waals surface area contributed by atoms with Gasteiger partial charge in [-0.05, 0) is 62.6 Å². The molecule has 0 atom stereocenters. The van der Waals surface area contributed by atoms with Gasteiger partial charge in [0.2, 0.25) is 5.91 Å². The van der Waals surface area contributed by atoms with Crippen molar-refractivity contribution in [3.63, 3.8) is 0 Å². The predicted molar refractivity (Wildman–Crippen MR) is 122 cm³/mol. The summed E-state index contributed by atoms with van der Waals surface area (Å²) in [6, 6.07) is 11.8. The van der Waals surface area contributed by atoms with Crippen molar-refractivity contribution in [3.8, 4) is 5.75 Å². The zero-order valence-corrected chi connectivity index (χ0v) is 18.5. The molecule has 2 aromatic rings. The molecule has 160 valence electrons. The molecule has 0 fully saturated rings. The van der Waals surface area contributed by atoms with Gasteiger partial charge in [-0.2, -0.15) is 0 Å². The molecule has 2 N–H and O–H groups in total. The van der Waals surface area contributed by atoms with Gasteiger partial charge in [0.15, 0.2) is 0 Å². The van der Waals surface area contributed by atoms with Gasteiger partial charge in [-0.3, -0.25) is 4.79 Å². The van der Waals surface area contributed by atoms with E-state index in [-0.39, 0.29) is 18.5 Å². The van der Waals surface area contributed by atoms with Gasteiger partial charge in [0.05, 0.1) is 11.1 Å². The highest BCUT2D eigenvalue weighted by Crippen LogP contribution is 2.38. The van der Waals surface area contributed by atoms with E-state index in [1.807, 2.05) is 19.9 Å². The molecule has 0 saturated carbocycles. The monoisotopic (exact) mass is 429 g/mol. The Morgan fingerprint density at radius 3 is 2.43 bits per heavy atom. The Hall–Kier alpha value is -2.73. The van der Waals surface area contributed by atoms with Crippen molar-refractivity contribution in [3.05, 3.63) is 47.5 Å². The van der Waals surface area contributed by atoms with E-state index in [4.69, 9.17) is 16.3 Å². The Labute approximate surface area is 182 Å². The zero-order chi connectivity index (χ0) is 21.9. The first-order valence-electron chi connectivity index (χ1n) is 10.1. The van der Waals surface area contributed by atoms with Crippen LogP contribution in [0.15, 0.2) is 42.5 Å². The number of hydrogen-bond donors (Lipinski definition) is 2. The van der Waals surface area contributed by atoms with Gasteiger partial charge in [0.25, 0.3) is 0 Å². The highest BCUT2D eigenvalue weighted by Gasteiger charge is 2.37. The van der Waals surface area contributed by atoms with Crippen LogP contribution in [0.4, 0.5) is 21.9 Å². The molecule has 6 nitrogen and oxygen atoms in total. The van der Waals surface area contributed by atoms with E-state index in [2.05, 4.69) is 24.5 Å². The zero-order valence-electron chi connectivity index (χ0n) is 17.8. The van der Waals surface area contributed by atoms with E-state index < -0.39 is 5.41 Å². The molecule has 1 aliphatic heterocycles. The first kappa shape index (κ1) is 22.0. The standard InChI is InChI=1S/C23H28ClN3O3/c1-15(2)11-12-27-19-10-9-18(13-20(19)30-14-23(3,4)21(27)28)26-22(29)25-17-7-5-16(24)6-8-17/h5-10,13,15H,11-12,14H2,1-4H3,(H2,25,26,29). The van der Waals surface area contributed by atoms with E-state index in [9.17, 15) is 9.59 Å². The molecule has 30 heavy (non-hydrogen) atoms. The largest absolute Gasteiger partial charge is 0.490 e. The number of nitrogens with one attached hydrogen (secondary N) is 2. The first-order valence-corrected chi connectivity index (χ1v) is 10.5. The molecule has 0 spiro atoms. The van der Waals surface area contributed by atoms with Crippen molar-refractivity contribution < 1.29 is 14.3 Å². The van der Waals surface area contributed by atoms with Crippen molar-refractivity contribution in [2.24, 2.45) is 11.3 Å². The van der Waals surface area contributed by atoms with E-state index in [1.165, 1.54) is 0 Å².